The Morgan fingerprint density at radius 1 is 1.15 bits per heavy atom. The van der Waals surface area contributed by atoms with Gasteiger partial charge in [-0.25, -0.2) is 4.39 Å². The summed E-state index contributed by atoms with van der Waals surface area (Å²) in [5.74, 6) is -0.240. The normalized spacial score (nSPS) is 10.3. The number of benzene rings is 2. The first-order valence-corrected chi connectivity index (χ1v) is 7.43. The van der Waals surface area contributed by atoms with Gasteiger partial charge >= 0.3 is 0 Å². The molecule has 0 atom stereocenters. The monoisotopic (exact) mass is 289 g/mol. The van der Waals surface area contributed by atoms with Crippen molar-refractivity contribution in [2.45, 2.75) is 18.2 Å². The first-order chi connectivity index (χ1) is 9.69. The molecule has 104 valence electrons. The fourth-order valence-electron chi connectivity index (χ4n) is 1.73. The highest BCUT2D eigenvalue weighted by atomic mass is 32.2. The molecular formula is C16H16FNOS. The van der Waals surface area contributed by atoms with Crippen molar-refractivity contribution in [3.8, 4) is 0 Å². The van der Waals surface area contributed by atoms with Gasteiger partial charge in [0, 0.05) is 10.6 Å². The molecular weight excluding hydrogens is 273 g/mol. The van der Waals surface area contributed by atoms with Crippen molar-refractivity contribution in [2.24, 2.45) is 0 Å². The lowest BCUT2D eigenvalue weighted by Gasteiger charge is -2.06. The van der Waals surface area contributed by atoms with Crippen LogP contribution in [0, 0.1) is 5.82 Å². The molecule has 0 unspecified atom stereocenters. The summed E-state index contributed by atoms with van der Waals surface area (Å²) in [5, 5.41) is 2.80. The summed E-state index contributed by atoms with van der Waals surface area (Å²) in [5.41, 5.74) is 1.99. The molecule has 0 aliphatic carbocycles. The van der Waals surface area contributed by atoms with Crippen LogP contribution >= 0.6 is 11.8 Å². The molecule has 0 saturated carbocycles. The van der Waals surface area contributed by atoms with E-state index in [-0.39, 0.29) is 17.5 Å². The van der Waals surface area contributed by atoms with E-state index in [4.69, 9.17) is 0 Å². The van der Waals surface area contributed by atoms with Crippen molar-refractivity contribution < 1.29 is 9.18 Å². The van der Waals surface area contributed by atoms with E-state index in [2.05, 4.69) is 12.2 Å². The zero-order valence-corrected chi connectivity index (χ0v) is 12.0. The quantitative estimate of drug-likeness (QED) is 0.839. The van der Waals surface area contributed by atoms with Crippen molar-refractivity contribution in [3.05, 3.63) is 59.9 Å². The molecule has 1 N–H and O–H groups in total. The average molecular weight is 289 g/mol. The Morgan fingerprint density at radius 2 is 1.85 bits per heavy atom. The van der Waals surface area contributed by atoms with Crippen LogP contribution in [-0.4, -0.2) is 11.7 Å². The molecule has 2 nitrogen and oxygen atoms in total. The summed E-state index contributed by atoms with van der Waals surface area (Å²) in [4.78, 5) is 12.3. The molecule has 2 aromatic carbocycles. The summed E-state index contributed by atoms with van der Waals surface area (Å²) in [7, 11) is 0. The highest BCUT2D eigenvalue weighted by Crippen LogP contribution is 2.21. The molecule has 0 radical (unpaired) electrons. The lowest BCUT2D eigenvalue weighted by Crippen LogP contribution is -2.14. The van der Waals surface area contributed by atoms with Crippen LogP contribution in [0.3, 0.4) is 0 Å². The number of thioether (sulfide) groups is 1. The van der Waals surface area contributed by atoms with Crippen molar-refractivity contribution in [1.29, 1.82) is 0 Å². The molecule has 0 spiro atoms. The predicted molar refractivity (Wildman–Crippen MR) is 81.6 cm³/mol. The molecule has 4 heteroatoms. The number of halogens is 1. The van der Waals surface area contributed by atoms with Crippen molar-refractivity contribution in [1.82, 2.24) is 0 Å². The molecule has 20 heavy (non-hydrogen) atoms. The Morgan fingerprint density at radius 3 is 2.50 bits per heavy atom. The van der Waals surface area contributed by atoms with Crippen LogP contribution in [0.5, 0.6) is 0 Å². The molecule has 0 aliphatic rings. The smallest absolute Gasteiger partial charge is 0.234 e. The van der Waals surface area contributed by atoms with Gasteiger partial charge in [-0.05, 0) is 36.2 Å². The Labute approximate surface area is 122 Å². The molecule has 0 bridgehead atoms. The third-order valence-electron chi connectivity index (χ3n) is 2.84. The number of anilines is 1. The Hall–Kier alpha value is -1.81. The van der Waals surface area contributed by atoms with E-state index in [0.717, 1.165) is 12.1 Å². The van der Waals surface area contributed by atoms with Gasteiger partial charge in [0.25, 0.3) is 0 Å². The zero-order chi connectivity index (χ0) is 14.4. The number of hydrogen-bond acceptors (Lipinski definition) is 2. The second-order valence-electron chi connectivity index (χ2n) is 4.32. The maximum Gasteiger partial charge on any atom is 0.234 e. The number of rotatable bonds is 5. The van der Waals surface area contributed by atoms with Gasteiger partial charge in [0.15, 0.2) is 0 Å². The van der Waals surface area contributed by atoms with Gasteiger partial charge in [0.1, 0.15) is 5.82 Å². The summed E-state index contributed by atoms with van der Waals surface area (Å²) >= 11 is 1.20. The molecule has 2 aromatic rings. The fraction of sp³-hybridized carbons (Fsp3) is 0.188. The van der Waals surface area contributed by atoms with E-state index in [1.165, 1.54) is 23.4 Å². The van der Waals surface area contributed by atoms with Gasteiger partial charge < -0.3 is 5.32 Å². The summed E-state index contributed by atoms with van der Waals surface area (Å²) < 4.78 is 13.4. The van der Waals surface area contributed by atoms with Crippen LogP contribution in [0.15, 0.2) is 53.4 Å². The number of carbonyl (C=O) groups is 1. The second kappa shape index (κ2) is 7.10. The zero-order valence-electron chi connectivity index (χ0n) is 11.2. The van der Waals surface area contributed by atoms with E-state index >= 15 is 0 Å². The van der Waals surface area contributed by atoms with Gasteiger partial charge in [0.2, 0.25) is 5.91 Å². The van der Waals surface area contributed by atoms with Crippen molar-refractivity contribution in [3.63, 3.8) is 0 Å². The Balaban J connectivity index is 1.87. The third kappa shape index (κ3) is 4.10. The van der Waals surface area contributed by atoms with E-state index in [1.54, 1.807) is 18.2 Å². The summed E-state index contributed by atoms with van der Waals surface area (Å²) in [6.07, 6.45) is 0.970. The standard InChI is InChI=1S/C16H16FNOS/c1-2-12-7-9-13(10-8-12)18-16(19)11-20-15-6-4-3-5-14(15)17/h3-10H,2,11H2,1H3,(H,18,19). The minimum absolute atomic E-state index is 0.137. The van der Waals surface area contributed by atoms with E-state index in [1.807, 2.05) is 24.3 Å². The maximum atomic E-state index is 13.4. The van der Waals surface area contributed by atoms with Crippen molar-refractivity contribution in [2.75, 3.05) is 11.1 Å². The number of hydrogen-bond donors (Lipinski definition) is 1. The number of carbonyl (C=O) groups excluding carboxylic acids is 1. The van der Waals surface area contributed by atoms with E-state index in [0.29, 0.717) is 4.90 Å². The highest BCUT2D eigenvalue weighted by molar-refractivity contribution is 8.00. The first kappa shape index (κ1) is 14.6. The largest absolute Gasteiger partial charge is 0.325 e. The van der Waals surface area contributed by atoms with E-state index < -0.39 is 0 Å². The van der Waals surface area contributed by atoms with Gasteiger partial charge in [-0.2, -0.15) is 0 Å². The molecule has 0 fully saturated rings. The summed E-state index contributed by atoms with van der Waals surface area (Å²) in [6, 6.07) is 14.2. The number of aryl methyl sites for hydroxylation is 1. The fourth-order valence-corrected chi connectivity index (χ4v) is 2.47. The van der Waals surface area contributed by atoms with Gasteiger partial charge in [0.05, 0.1) is 5.75 Å². The topological polar surface area (TPSA) is 29.1 Å². The van der Waals surface area contributed by atoms with Crippen LogP contribution in [0.4, 0.5) is 10.1 Å². The molecule has 0 saturated heterocycles. The molecule has 1 amide bonds. The Kier molecular flexibility index (Phi) is 5.18. The lowest BCUT2D eigenvalue weighted by atomic mass is 10.1. The SMILES string of the molecule is CCc1ccc(NC(=O)CSc2ccccc2F)cc1. The minimum atomic E-state index is -0.294. The number of nitrogens with one attached hydrogen (secondary N) is 1. The molecule has 0 heterocycles. The maximum absolute atomic E-state index is 13.4. The second-order valence-corrected chi connectivity index (χ2v) is 5.33. The Bertz CT molecular complexity index is 583. The first-order valence-electron chi connectivity index (χ1n) is 6.45. The predicted octanol–water partition coefficient (Wildman–Crippen LogP) is 4.12. The van der Waals surface area contributed by atoms with E-state index in [9.17, 15) is 9.18 Å². The average Bonchev–Trinajstić information content (AvgIpc) is 2.47. The van der Waals surface area contributed by atoms with Gasteiger partial charge in [-0.15, -0.1) is 11.8 Å². The third-order valence-corrected chi connectivity index (χ3v) is 3.89. The molecule has 0 aliphatic heterocycles. The highest BCUT2D eigenvalue weighted by Gasteiger charge is 2.06. The number of amides is 1. The lowest BCUT2D eigenvalue weighted by molar-refractivity contribution is -0.113. The minimum Gasteiger partial charge on any atom is -0.325 e. The van der Waals surface area contributed by atoms with Crippen molar-refractivity contribution >= 4 is 23.4 Å². The van der Waals surface area contributed by atoms with Crippen LogP contribution in [0.25, 0.3) is 0 Å². The van der Waals surface area contributed by atoms with Crippen LogP contribution < -0.4 is 5.32 Å². The van der Waals surface area contributed by atoms with Crippen LogP contribution in [0.2, 0.25) is 0 Å². The molecule has 2 rings (SSSR count). The van der Waals surface area contributed by atoms with Crippen LogP contribution in [-0.2, 0) is 11.2 Å². The van der Waals surface area contributed by atoms with Gasteiger partial charge in [-0.1, -0.05) is 31.2 Å². The summed E-state index contributed by atoms with van der Waals surface area (Å²) in [6.45, 7) is 2.08. The van der Waals surface area contributed by atoms with Gasteiger partial charge in [-0.3, -0.25) is 4.79 Å². The molecule has 0 aromatic heterocycles. The van der Waals surface area contributed by atoms with Crippen LogP contribution in [0.1, 0.15) is 12.5 Å².